The molecule has 1 aromatic carbocycles. The van der Waals surface area contributed by atoms with Gasteiger partial charge in [-0.3, -0.25) is 14.5 Å². The van der Waals surface area contributed by atoms with Crippen LogP contribution in [-0.4, -0.2) is 71.7 Å². The lowest BCUT2D eigenvalue weighted by Gasteiger charge is -2.36. The number of amides is 1. The van der Waals surface area contributed by atoms with Gasteiger partial charge in [-0.2, -0.15) is 13.2 Å². The lowest BCUT2D eigenvalue weighted by atomic mass is 9.75. The van der Waals surface area contributed by atoms with Crippen molar-refractivity contribution in [3.05, 3.63) is 34.3 Å². The molecule has 3 atom stereocenters. The Bertz CT molecular complexity index is 955. The molecule has 0 aliphatic carbocycles. The van der Waals surface area contributed by atoms with E-state index < -0.39 is 47.5 Å². The Morgan fingerprint density at radius 1 is 1.24 bits per heavy atom. The van der Waals surface area contributed by atoms with Crippen LogP contribution in [0.4, 0.5) is 17.6 Å². The maximum Gasteiger partial charge on any atom is 0.416 e. The molecule has 2 saturated heterocycles. The normalized spacial score (nSPS) is 24.8. The molecule has 0 bridgehead atoms. The van der Waals surface area contributed by atoms with Crippen LogP contribution in [0, 0.1) is 11.3 Å². The number of carbonyl (C=O) groups is 2. The van der Waals surface area contributed by atoms with Crippen molar-refractivity contribution in [1.29, 1.82) is 0 Å². The highest BCUT2D eigenvalue weighted by Crippen LogP contribution is 2.42. The van der Waals surface area contributed by atoms with Gasteiger partial charge in [0.2, 0.25) is 5.91 Å². The van der Waals surface area contributed by atoms with Gasteiger partial charge in [-0.1, -0.05) is 37.9 Å². The monoisotopic (exact) mass is 549 g/mol. The van der Waals surface area contributed by atoms with Gasteiger partial charge in [0.1, 0.15) is 6.17 Å². The number of nitrogens with zero attached hydrogens (tertiary/aromatic N) is 2. The van der Waals surface area contributed by atoms with Crippen LogP contribution in [0.25, 0.3) is 0 Å². The number of rotatable bonds is 10. The number of carboxylic acid groups (broad SMARTS) is 1. The summed E-state index contributed by atoms with van der Waals surface area (Å²) in [6.45, 7) is 5.46. The second kappa shape index (κ2) is 12.3. The average molecular weight is 550 g/mol. The molecule has 0 radical (unpaired) electrons. The highest BCUT2D eigenvalue weighted by Gasteiger charge is 2.52. The minimum Gasteiger partial charge on any atom is -0.481 e. The summed E-state index contributed by atoms with van der Waals surface area (Å²) in [7, 11) is 0. The summed E-state index contributed by atoms with van der Waals surface area (Å²) in [6, 6.07) is 3.44. The number of nitrogens with one attached hydrogen (secondary N) is 1. The number of carboxylic acids is 1. The summed E-state index contributed by atoms with van der Waals surface area (Å²) in [5.74, 6) is -1.94. The van der Waals surface area contributed by atoms with Crippen molar-refractivity contribution in [1.82, 2.24) is 15.1 Å². The van der Waals surface area contributed by atoms with Crippen LogP contribution in [0.5, 0.6) is 0 Å². The fourth-order valence-electron chi connectivity index (χ4n) is 5.66. The van der Waals surface area contributed by atoms with Crippen LogP contribution in [0.15, 0.2) is 18.2 Å². The number of benzene rings is 1. The standard InChI is InChI=1S/C26H36ClF4N3O3/c1-3-5-18(28)14-33-10-8-19(9-11-33)32-24(37)25(12-23(35)36)16-34(13-17(25)2)15-20-21(26(29,30)31)6-4-7-22(20)27/h4,6-7,17-19H,3,5,8-16H2,1-2H3,(H,32,37)(H,35,36)/t17-,18?,25+/m0/s1. The summed E-state index contributed by atoms with van der Waals surface area (Å²) < 4.78 is 54.7. The lowest BCUT2D eigenvalue weighted by molar-refractivity contribution is -0.147. The molecule has 1 amide bonds. The van der Waals surface area contributed by atoms with E-state index in [9.17, 15) is 32.3 Å². The molecule has 2 aliphatic heterocycles. The van der Waals surface area contributed by atoms with Crippen molar-refractivity contribution < 1.29 is 32.3 Å². The maximum absolute atomic E-state index is 14.0. The third kappa shape index (κ3) is 7.35. The zero-order valence-electron chi connectivity index (χ0n) is 21.3. The lowest BCUT2D eigenvalue weighted by Crippen LogP contribution is -2.53. The largest absolute Gasteiger partial charge is 0.481 e. The second-order valence-corrected chi connectivity index (χ2v) is 10.9. The van der Waals surface area contributed by atoms with E-state index in [0.29, 0.717) is 38.9 Å². The number of carbonyl (C=O) groups excluding carboxylic acids is 1. The van der Waals surface area contributed by atoms with Crippen LogP contribution in [0.2, 0.25) is 5.02 Å². The van der Waals surface area contributed by atoms with Crippen molar-refractivity contribution in [3.63, 3.8) is 0 Å². The Hall–Kier alpha value is -1.91. The van der Waals surface area contributed by atoms with Gasteiger partial charge < -0.3 is 15.3 Å². The highest BCUT2D eigenvalue weighted by molar-refractivity contribution is 6.31. The third-order valence-electron chi connectivity index (χ3n) is 7.69. The van der Waals surface area contributed by atoms with E-state index in [1.165, 1.54) is 12.1 Å². The molecule has 2 N–H and O–H groups in total. The SMILES string of the molecule is CCCC(F)CN1CCC(NC(=O)[C@]2(CC(=O)O)CN(Cc3c(Cl)cccc3C(F)(F)F)C[C@@H]2C)CC1. The van der Waals surface area contributed by atoms with E-state index in [1.54, 1.807) is 11.8 Å². The Morgan fingerprint density at radius 2 is 1.92 bits per heavy atom. The highest BCUT2D eigenvalue weighted by atomic mass is 35.5. The van der Waals surface area contributed by atoms with Gasteiger partial charge in [0.05, 0.1) is 17.4 Å². The van der Waals surface area contributed by atoms with Crippen LogP contribution in [-0.2, 0) is 22.3 Å². The minimum absolute atomic E-state index is 0.00815. The molecule has 0 spiro atoms. The van der Waals surface area contributed by atoms with Gasteiger partial charge >= 0.3 is 12.1 Å². The number of aliphatic carboxylic acids is 1. The van der Waals surface area contributed by atoms with Crippen LogP contribution < -0.4 is 5.32 Å². The topological polar surface area (TPSA) is 72.9 Å². The van der Waals surface area contributed by atoms with Gasteiger partial charge in [-0.05, 0) is 42.9 Å². The van der Waals surface area contributed by atoms with Crippen LogP contribution >= 0.6 is 11.6 Å². The molecule has 1 unspecified atom stereocenters. The molecule has 6 nitrogen and oxygen atoms in total. The maximum atomic E-state index is 14.0. The van der Waals surface area contributed by atoms with Crippen molar-refractivity contribution in [2.75, 3.05) is 32.7 Å². The molecule has 2 fully saturated rings. The van der Waals surface area contributed by atoms with E-state index in [1.807, 2.05) is 11.8 Å². The van der Waals surface area contributed by atoms with Crippen molar-refractivity contribution in [2.45, 2.75) is 70.9 Å². The van der Waals surface area contributed by atoms with E-state index in [4.69, 9.17) is 11.6 Å². The number of hydrogen-bond donors (Lipinski definition) is 2. The van der Waals surface area contributed by atoms with Gasteiger partial charge in [0.15, 0.2) is 0 Å². The average Bonchev–Trinajstić information content (AvgIpc) is 3.11. The number of alkyl halides is 4. The first-order valence-corrected chi connectivity index (χ1v) is 13.2. The van der Waals surface area contributed by atoms with Gasteiger partial charge in [0, 0.05) is 50.3 Å². The molecule has 11 heteroatoms. The van der Waals surface area contributed by atoms with Crippen molar-refractivity contribution in [3.8, 4) is 0 Å². The summed E-state index contributed by atoms with van der Waals surface area (Å²) in [5.41, 5.74) is -2.21. The quantitative estimate of drug-likeness (QED) is 0.402. The zero-order chi connectivity index (χ0) is 27.4. The zero-order valence-corrected chi connectivity index (χ0v) is 22.0. The Morgan fingerprint density at radius 3 is 2.51 bits per heavy atom. The summed E-state index contributed by atoms with van der Waals surface area (Å²) in [4.78, 5) is 29.1. The molecule has 0 aromatic heterocycles. The first-order valence-electron chi connectivity index (χ1n) is 12.8. The molecule has 0 saturated carbocycles. The molecule has 3 rings (SSSR count). The third-order valence-corrected chi connectivity index (χ3v) is 8.04. The number of piperidine rings is 1. The summed E-state index contributed by atoms with van der Waals surface area (Å²) in [6.07, 6.45) is -3.35. The van der Waals surface area contributed by atoms with Gasteiger partial charge in [-0.25, -0.2) is 4.39 Å². The Balaban J connectivity index is 1.70. The number of likely N-dealkylation sites (tertiary alicyclic amines) is 2. The number of halogens is 5. The van der Waals surface area contributed by atoms with Gasteiger partial charge in [0.25, 0.3) is 0 Å². The predicted octanol–water partition coefficient (Wildman–Crippen LogP) is 4.99. The summed E-state index contributed by atoms with van der Waals surface area (Å²) >= 11 is 6.13. The predicted molar refractivity (Wildman–Crippen MR) is 133 cm³/mol. The van der Waals surface area contributed by atoms with Crippen LogP contribution in [0.3, 0.4) is 0 Å². The van der Waals surface area contributed by atoms with E-state index in [0.717, 1.165) is 12.5 Å². The molecule has 2 heterocycles. The molecule has 2 aliphatic rings. The number of hydrogen-bond acceptors (Lipinski definition) is 4. The molecule has 1 aromatic rings. The fraction of sp³-hybridized carbons (Fsp3) is 0.692. The first-order chi connectivity index (χ1) is 17.4. The smallest absolute Gasteiger partial charge is 0.416 e. The van der Waals surface area contributed by atoms with Crippen molar-refractivity contribution >= 4 is 23.5 Å². The summed E-state index contributed by atoms with van der Waals surface area (Å²) in [5, 5.41) is 12.6. The molecule has 208 valence electrons. The van der Waals surface area contributed by atoms with E-state index in [2.05, 4.69) is 5.32 Å². The minimum atomic E-state index is -4.59. The van der Waals surface area contributed by atoms with Gasteiger partial charge in [-0.15, -0.1) is 0 Å². The Labute approximate surface area is 220 Å². The van der Waals surface area contributed by atoms with E-state index in [-0.39, 0.29) is 36.3 Å². The first kappa shape index (κ1) is 29.6. The molecular weight excluding hydrogens is 514 g/mol. The second-order valence-electron chi connectivity index (χ2n) is 10.5. The van der Waals surface area contributed by atoms with Crippen molar-refractivity contribution in [2.24, 2.45) is 11.3 Å². The molecular formula is C26H36ClF4N3O3. The molecule has 37 heavy (non-hydrogen) atoms. The van der Waals surface area contributed by atoms with Crippen LogP contribution in [0.1, 0.15) is 57.1 Å². The van der Waals surface area contributed by atoms with E-state index >= 15 is 0 Å². The Kier molecular flexibility index (Phi) is 9.85. The fourth-order valence-corrected chi connectivity index (χ4v) is 5.89.